The number of sulfonamides is 1. The highest BCUT2D eigenvalue weighted by Gasteiger charge is 2.30. The number of thiophene rings is 1. The number of hydrogen-bond donors (Lipinski definition) is 1. The van der Waals surface area contributed by atoms with Gasteiger partial charge in [0.1, 0.15) is 4.21 Å². The van der Waals surface area contributed by atoms with E-state index in [1.54, 1.807) is 4.31 Å². The molecule has 2 heterocycles. The molecular weight excluding hydrogens is 292 g/mol. The maximum atomic E-state index is 12.5. The van der Waals surface area contributed by atoms with Gasteiger partial charge in [-0.3, -0.25) is 0 Å². The minimum atomic E-state index is -3.29. The summed E-state index contributed by atoms with van der Waals surface area (Å²) in [5, 5.41) is 3.25. The highest BCUT2D eigenvalue weighted by atomic mass is 35.5. The number of nitrogens with zero attached hydrogens (tertiary/aromatic N) is 1. The van der Waals surface area contributed by atoms with Crippen LogP contribution in [-0.2, 0) is 10.0 Å². The van der Waals surface area contributed by atoms with Gasteiger partial charge in [-0.05, 0) is 32.4 Å². The van der Waals surface area contributed by atoms with Gasteiger partial charge in [-0.15, -0.1) is 23.7 Å². The second kappa shape index (κ2) is 5.88. The average Bonchev–Trinajstić information content (AvgIpc) is 2.58. The molecule has 0 amide bonds. The average molecular weight is 311 g/mol. The minimum Gasteiger partial charge on any atom is -0.312 e. The number of piperazine rings is 1. The zero-order chi connectivity index (χ0) is 12.6. The number of nitrogens with one attached hydrogen (secondary N) is 1. The first-order chi connectivity index (χ1) is 7.91. The molecule has 1 unspecified atom stereocenters. The van der Waals surface area contributed by atoms with E-state index >= 15 is 0 Å². The SMILES string of the molecule is Cc1cc(C)c(S(=O)(=O)N2CCNC(C)C2)s1.Cl. The molecule has 1 aliphatic rings. The lowest BCUT2D eigenvalue weighted by Crippen LogP contribution is -2.51. The topological polar surface area (TPSA) is 49.4 Å². The number of halogens is 1. The molecule has 1 fully saturated rings. The van der Waals surface area contributed by atoms with Gasteiger partial charge in [-0.2, -0.15) is 4.31 Å². The zero-order valence-electron chi connectivity index (χ0n) is 10.8. The summed E-state index contributed by atoms with van der Waals surface area (Å²) < 4.78 is 27.0. The van der Waals surface area contributed by atoms with E-state index in [1.165, 1.54) is 11.3 Å². The highest BCUT2D eigenvalue weighted by Crippen LogP contribution is 2.29. The van der Waals surface area contributed by atoms with E-state index in [-0.39, 0.29) is 18.4 Å². The molecule has 2 rings (SSSR count). The molecule has 7 heteroatoms. The van der Waals surface area contributed by atoms with Gasteiger partial charge in [0.25, 0.3) is 10.0 Å². The van der Waals surface area contributed by atoms with Crippen LogP contribution in [0.3, 0.4) is 0 Å². The van der Waals surface area contributed by atoms with Crippen LogP contribution in [0.15, 0.2) is 10.3 Å². The summed E-state index contributed by atoms with van der Waals surface area (Å²) in [6, 6.07) is 2.16. The second-order valence-electron chi connectivity index (χ2n) is 4.55. The molecule has 1 aliphatic heterocycles. The smallest absolute Gasteiger partial charge is 0.252 e. The van der Waals surface area contributed by atoms with Crippen molar-refractivity contribution in [2.75, 3.05) is 19.6 Å². The van der Waals surface area contributed by atoms with Crippen molar-refractivity contribution in [3.8, 4) is 0 Å². The molecule has 1 N–H and O–H groups in total. The Kier molecular flexibility index (Phi) is 5.20. The summed E-state index contributed by atoms with van der Waals surface area (Å²) in [5.41, 5.74) is 0.860. The Hall–Kier alpha value is -0.140. The van der Waals surface area contributed by atoms with Crippen LogP contribution in [0.2, 0.25) is 0 Å². The molecule has 0 aliphatic carbocycles. The third kappa shape index (κ3) is 3.05. The van der Waals surface area contributed by atoms with Crippen LogP contribution >= 0.6 is 23.7 Å². The first-order valence-electron chi connectivity index (χ1n) is 5.72. The van der Waals surface area contributed by atoms with Gasteiger partial charge >= 0.3 is 0 Å². The Labute approximate surface area is 119 Å². The van der Waals surface area contributed by atoms with E-state index < -0.39 is 10.0 Å². The number of hydrogen-bond acceptors (Lipinski definition) is 4. The van der Waals surface area contributed by atoms with Crippen molar-refractivity contribution in [3.05, 3.63) is 16.5 Å². The summed E-state index contributed by atoms with van der Waals surface area (Å²) >= 11 is 1.37. The Morgan fingerprint density at radius 1 is 1.44 bits per heavy atom. The molecular formula is C11H19ClN2O2S2. The maximum Gasteiger partial charge on any atom is 0.252 e. The van der Waals surface area contributed by atoms with Crippen LogP contribution in [0.1, 0.15) is 17.4 Å². The maximum absolute atomic E-state index is 12.5. The van der Waals surface area contributed by atoms with E-state index in [1.807, 2.05) is 26.8 Å². The van der Waals surface area contributed by atoms with Gasteiger partial charge < -0.3 is 5.32 Å². The summed E-state index contributed by atoms with van der Waals surface area (Å²) in [5.74, 6) is 0. The van der Waals surface area contributed by atoms with Gasteiger partial charge in [0, 0.05) is 30.6 Å². The molecule has 18 heavy (non-hydrogen) atoms. The molecule has 4 nitrogen and oxygen atoms in total. The van der Waals surface area contributed by atoms with Crippen LogP contribution in [0.5, 0.6) is 0 Å². The molecule has 0 saturated carbocycles. The van der Waals surface area contributed by atoms with E-state index in [4.69, 9.17) is 0 Å². The monoisotopic (exact) mass is 310 g/mol. The van der Waals surface area contributed by atoms with Crippen LogP contribution in [0, 0.1) is 13.8 Å². The van der Waals surface area contributed by atoms with Crippen molar-refractivity contribution in [1.82, 2.24) is 9.62 Å². The van der Waals surface area contributed by atoms with Gasteiger partial charge in [0.2, 0.25) is 0 Å². The first kappa shape index (κ1) is 15.9. The third-order valence-corrected chi connectivity index (χ3v) is 6.53. The van der Waals surface area contributed by atoms with Crippen molar-refractivity contribution in [2.24, 2.45) is 0 Å². The minimum absolute atomic E-state index is 0. The van der Waals surface area contributed by atoms with Crippen LogP contribution in [0.25, 0.3) is 0 Å². The fraction of sp³-hybridized carbons (Fsp3) is 0.636. The van der Waals surface area contributed by atoms with Crippen LogP contribution < -0.4 is 5.32 Å². The van der Waals surface area contributed by atoms with Gasteiger partial charge in [-0.25, -0.2) is 8.42 Å². The van der Waals surface area contributed by atoms with Crippen molar-refractivity contribution in [3.63, 3.8) is 0 Å². The Balaban J connectivity index is 0.00000162. The predicted octanol–water partition coefficient (Wildman–Crippen LogP) is 1.77. The van der Waals surface area contributed by atoms with E-state index in [0.717, 1.165) is 17.0 Å². The summed E-state index contributed by atoms with van der Waals surface area (Å²) in [4.78, 5) is 1.05. The lowest BCUT2D eigenvalue weighted by molar-refractivity contribution is 0.310. The molecule has 1 saturated heterocycles. The Morgan fingerprint density at radius 2 is 2.11 bits per heavy atom. The molecule has 104 valence electrons. The largest absolute Gasteiger partial charge is 0.312 e. The fourth-order valence-electron chi connectivity index (χ4n) is 2.11. The summed E-state index contributed by atoms with van der Waals surface area (Å²) in [6.45, 7) is 7.65. The third-order valence-electron chi connectivity index (χ3n) is 2.90. The normalized spacial score (nSPS) is 21.6. The van der Waals surface area contributed by atoms with Gasteiger partial charge in [-0.1, -0.05) is 0 Å². The molecule has 1 aromatic heterocycles. The molecule has 0 spiro atoms. The van der Waals surface area contributed by atoms with E-state index in [9.17, 15) is 8.42 Å². The van der Waals surface area contributed by atoms with E-state index in [2.05, 4.69) is 5.32 Å². The molecule has 1 aromatic rings. The molecule has 1 atom stereocenters. The van der Waals surface area contributed by atoms with Crippen molar-refractivity contribution in [2.45, 2.75) is 31.0 Å². The standard InChI is InChI=1S/C11H18N2O2S2.ClH/c1-8-6-10(3)16-11(8)17(14,15)13-5-4-12-9(2)7-13;/h6,9,12H,4-5,7H2,1-3H3;1H. The summed E-state index contributed by atoms with van der Waals surface area (Å²) in [7, 11) is -3.29. The second-order valence-corrected chi connectivity index (χ2v) is 7.94. The lowest BCUT2D eigenvalue weighted by atomic mass is 10.3. The van der Waals surface area contributed by atoms with Crippen molar-refractivity contribution < 1.29 is 8.42 Å². The highest BCUT2D eigenvalue weighted by molar-refractivity contribution is 7.91. The molecule has 0 bridgehead atoms. The molecule has 0 aromatic carbocycles. The fourth-order valence-corrected chi connectivity index (χ4v) is 5.44. The quantitative estimate of drug-likeness (QED) is 0.905. The molecule has 0 radical (unpaired) electrons. The van der Waals surface area contributed by atoms with Crippen molar-refractivity contribution in [1.29, 1.82) is 0 Å². The number of aryl methyl sites for hydroxylation is 2. The predicted molar refractivity (Wildman–Crippen MR) is 77.3 cm³/mol. The van der Waals surface area contributed by atoms with Gasteiger partial charge in [0.05, 0.1) is 0 Å². The van der Waals surface area contributed by atoms with Crippen LogP contribution in [-0.4, -0.2) is 38.4 Å². The lowest BCUT2D eigenvalue weighted by Gasteiger charge is -2.30. The Morgan fingerprint density at radius 3 is 2.61 bits per heavy atom. The van der Waals surface area contributed by atoms with Crippen LogP contribution in [0.4, 0.5) is 0 Å². The Bertz CT molecular complexity index is 513. The van der Waals surface area contributed by atoms with Crippen molar-refractivity contribution >= 4 is 33.8 Å². The number of rotatable bonds is 2. The van der Waals surface area contributed by atoms with Gasteiger partial charge in [0.15, 0.2) is 0 Å². The zero-order valence-corrected chi connectivity index (χ0v) is 13.2. The van der Waals surface area contributed by atoms with E-state index in [0.29, 0.717) is 17.3 Å². The summed E-state index contributed by atoms with van der Waals surface area (Å²) in [6.07, 6.45) is 0. The first-order valence-corrected chi connectivity index (χ1v) is 7.97.